The van der Waals surface area contributed by atoms with Gasteiger partial charge in [0, 0.05) is 0 Å². The maximum atomic E-state index is 8.11. The van der Waals surface area contributed by atoms with Gasteiger partial charge in [-0.25, -0.2) is 0 Å². The molecular weight excluding hydrogens is 319 g/mol. The van der Waals surface area contributed by atoms with Gasteiger partial charge in [0.1, 0.15) is 0 Å². The van der Waals surface area contributed by atoms with E-state index in [4.69, 9.17) is 10.1 Å². The average Bonchev–Trinajstić information content (AvgIpc) is 1.91. The molecule has 0 aliphatic heterocycles. The average molecular weight is 325 g/mol. The van der Waals surface area contributed by atoms with Crippen LogP contribution in [0.1, 0.15) is 0 Å². The molecule has 3 nitrogen and oxygen atoms in total. The molecule has 1 rings (SSSR count). The van der Waals surface area contributed by atoms with Crippen LogP contribution in [0, 0.1) is 4.91 Å². The summed E-state index contributed by atoms with van der Waals surface area (Å²) in [7, 11) is 0. The van der Waals surface area contributed by atoms with Gasteiger partial charge in [0.15, 0.2) is 5.34 Å². The van der Waals surface area contributed by atoms with Crippen LogP contribution in [0.5, 0.6) is 0 Å². The van der Waals surface area contributed by atoms with Crippen LogP contribution in [0.4, 0.5) is 0 Å². The van der Waals surface area contributed by atoms with Gasteiger partial charge in [0.2, 0.25) is 0 Å². The normalized spacial score (nSPS) is 7.40. The van der Waals surface area contributed by atoms with Crippen molar-refractivity contribution in [3.8, 4) is 0 Å². The van der Waals surface area contributed by atoms with Gasteiger partial charge in [-0.15, -0.1) is 4.91 Å². The number of hydrogen-bond acceptors (Lipinski definition) is 2. The second-order valence-corrected chi connectivity index (χ2v) is 4.74. The molecule has 0 radical (unpaired) electrons. The van der Waals surface area contributed by atoms with E-state index in [1.807, 2.05) is 0 Å². The van der Waals surface area contributed by atoms with Crippen LogP contribution in [0.3, 0.4) is 0 Å². The van der Waals surface area contributed by atoms with Crippen molar-refractivity contribution in [2.75, 3.05) is 0 Å². The van der Waals surface area contributed by atoms with Crippen molar-refractivity contribution >= 4 is 3.07 Å². The van der Waals surface area contributed by atoms with E-state index < -0.39 is 0 Å². The molecule has 0 fully saturated rings. The van der Waals surface area contributed by atoms with E-state index in [0.29, 0.717) is 0 Å². The van der Waals surface area contributed by atoms with Crippen molar-refractivity contribution in [2.24, 2.45) is 5.34 Å². The van der Waals surface area contributed by atoms with Crippen LogP contribution in [-0.2, 0) is 26.1 Å². The van der Waals surface area contributed by atoms with Crippen LogP contribution in [0.15, 0.2) is 35.7 Å². The molecule has 0 aliphatic carbocycles. The summed E-state index contributed by atoms with van der Waals surface area (Å²) in [4.78, 5) is 8.11. The van der Waals surface area contributed by atoms with Crippen LogP contribution in [0.25, 0.3) is 0 Å². The van der Waals surface area contributed by atoms with E-state index in [2.05, 4.69) is 30.3 Å². The Labute approximate surface area is 75.0 Å². The molecule has 0 heterocycles. The Morgan fingerprint density at radius 3 is 1.90 bits per heavy atom. The van der Waals surface area contributed by atoms with E-state index in [0.717, 1.165) is 26.1 Å². The van der Waals surface area contributed by atoms with Crippen LogP contribution in [-0.4, -0.2) is 5.21 Å². The quantitative estimate of drug-likeness (QED) is 0.440. The summed E-state index contributed by atoms with van der Waals surface area (Å²) in [5.74, 6) is 0. The molecule has 0 aliphatic rings. The Morgan fingerprint density at radius 1 is 1.30 bits per heavy atom. The minimum atomic E-state index is 0.810. The second kappa shape index (κ2) is 6.67. The zero-order chi connectivity index (χ0) is 7.82. The van der Waals surface area contributed by atoms with Crippen LogP contribution in [0.2, 0.25) is 0 Å². The molecule has 0 bridgehead atoms. The van der Waals surface area contributed by atoms with Crippen molar-refractivity contribution in [1.82, 2.24) is 0 Å². The Balaban J connectivity index is 0.000000236. The SMILES string of the molecule is O=NO.[Hg][c]1ccccc1. The van der Waals surface area contributed by atoms with Gasteiger partial charge in [-0.3, -0.25) is 0 Å². The minimum absolute atomic E-state index is 0.810. The van der Waals surface area contributed by atoms with Crippen molar-refractivity contribution in [3.63, 3.8) is 0 Å². The third-order valence-electron chi connectivity index (χ3n) is 0.843. The molecule has 1 N–H and O–H groups in total. The first-order valence-corrected chi connectivity index (χ1v) is 5.40. The van der Waals surface area contributed by atoms with E-state index in [1.54, 1.807) is 0 Å². The summed E-state index contributed by atoms with van der Waals surface area (Å²) in [6.45, 7) is 0. The topological polar surface area (TPSA) is 49.7 Å². The van der Waals surface area contributed by atoms with Crippen molar-refractivity contribution in [2.45, 2.75) is 0 Å². The molecule has 0 amide bonds. The van der Waals surface area contributed by atoms with Crippen LogP contribution < -0.4 is 3.07 Å². The standard InChI is InChI=1S/C6H5.Hg.HNO2/c1-2-4-6-5-3-1;;2-1-3/h1-5H;;(H,2,3). The molecule has 0 aromatic heterocycles. The summed E-state index contributed by atoms with van der Waals surface area (Å²) in [6.07, 6.45) is 0. The molecule has 0 saturated carbocycles. The Hall–Kier alpha value is -0.445. The van der Waals surface area contributed by atoms with Gasteiger partial charge in [-0.1, -0.05) is 0 Å². The summed E-state index contributed by atoms with van der Waals surface area (Å²) in [5.41, 5.74) is 0. The van der Waals surface area contributed by atoms with Crippen molar-refractivity contribution < 1.29 is 31.3 Å². The Bertz CT molecular complexity index is 178. The van der Waals surface area contributed by atoms with Gasteiger partial charge in [-0.05, 0) is 0 Å². The molecule has 4 heteroatoms. The molecule has 0 atom stereocenters. The number of nitrogens with zero attached hydrogens (tertiary/aromatic N) is 1. The summed E-state index contributed by atoms with van der Waals surface area (Å²) < 4.78 is 1.52. The summed E-state index contributed by atoms with van der Waals surface area (Å²) in [6, 6.07) is 10.6. The summed E-state index contributed by atoms with van der Waals surface area (Å²) >= 11 is 0.810. The van der Waals surface area contributed by atoms with Gasteiger partial charge < -0.3 is 5.21 Å². The van der Waals surface area contributed by atoms with Crippen molar-refractivity contribution in [1.29, 1.82) is 0 Å². The first-order chi connectivity index (χ1) is 4.81. The number of benzene rings is 1. The molecule has 49 valence electrons. The molecule has 1 aromatic rings. The van der Waals surface area contributed by atoms with Gasteiger partial charge in [-0.2, -0.15) is 0 Å². The van der Waals surface area contributed by atoms with Gasteiger partial charge in [0.25, 0.3) is 0 Å². The van der Waals surface area contributed by atoms with Crippen LogP contribution >= 0.6 is 0 Å². The van der Waals surface area contributed by atoms with E-state index in [9.17, 15) is 0 Å². The monoisotopic (exact) mass is 326 g/mol. The zero-order valence-electron chi connectivity index (χ0n) is 5.40. The fourth-order valence-corrected chi connectivity index (χ4v) is 1.54. The van der Waals surface area contributed by atoms with Gasteiger partial charge in [0.05, 0.1) is 0 Å². The molecular formula is C6H6HgNO2. The number of hydrogen-bond donors (Lipinski definition) is 1. The zero-order valence-corrected chi connectivity index (χ0v) is 10.9. The number of rotatable bonds is 0. The fourth-order valence-electron chi connectivity index (χ4n) is 0.478. The molecule has 10 heavy (non-hydrogen) atoms. The molecule has 0 unspecified atom stereocenters. The Kier molecular flexibility index (Phi) is 6.38. The second-order valence-electron chi connectivity index (χ2n) is 1.57. The third-order valence-corrected chi connectivity index (χ3v) is 2.68. The third kappa shape index (κ3) is 5.69. The predicted octanol–water partition coefficient (Wildman–Crippen LogP) is 1.00. The van der Waals surface area contributed by atoms with E-state index in [1.165, 1.54) is 8.41 Å². The molecule has 0 saturated heterocycles. The van der Waals surface area contributed by atoms with E-state index >= 15 is 0 Å². The van der Waals surface area contributed by atoms with Crippen molar-refractivity contribution in [3.05, 3.63) is 35.2 Å². The first-order valence-electron chi connectivity index (χ1n) is 2.65. The molecule has 0 spiro atoms. The Morgan fingerprint density at radius 2 is 1.70 bits per heavy atom. The maximum absolute atomic E-state index is 8.11. The predicted molar refractivity (Wildman–Crippen MR) is 33.7 cm³/mol. The van der Waals surface area contributed by atoms with Gasteiger partial charge >= 0.3 is 59.5 Å². The fraction of sp³-hybridized carbons (Fsp3) is 0. The van der Waals surface area contributed by atoms with E-state index in [-0.39, 0.29) is 0 Å². The first kappa shape index (κ1) is 9.56. The molecule has 1 aromatic carbocycles. The summed E-state index contributed by atoms with van der Waals surface area (Å²) in [5, 5.41) is 7.89.